The van der Waals surface area contributed by atoms with Crippen LogP contribution in [-0.4, -0.2) is 7.11 Å². The van der Waals surface area contributed by atoms with Gasteiger partial charge in [0.1, 0.15) is 0 Å². The highest BCUT2D eigenvalue weighted by Crippen LogP contribution is 2.15. The molecule has 0 bridgehead atoms. The zero-order chi connectivity index (χ0) is 12.9. The molecular weight excluding hydrogens is 220 g/mol. The van der Waals surface area contributed by atoms with Gasteiger partial charge in [0.15, 0.2) is 0 Å². The standard InChI is InChI=1S/C17H30O/c1-18-17-15-13-11-9-7-5-3-2-4-6-8-10-12-14-16-17/h2-3,15H,4-14,16H2,1H3. The van der Waals surface area contributed by atoms with Gasteiger partial charge in [0.2, 0.25) is 0 Å². The molecule has 1 aliphatic carbocycles. The molecule has 0 heterocycles. The Morgan fingerprint density at radius 3 is 2.00 bits per heavy atom. The van der Waals surface area contributed by atoms with Crippen LogP contribution in [0.4, 0.5) is 0 Å². The molecule has 0 fully saturated rings. The average Bonchev–Trinajstić information content (AvgIpc) is 2.39. The Kier molecular flexibility index (Phi) is 9.69. The molecule has 1 aliphatic rings. The van der Waals surface area contributed by atoms with Crippen LogP contribution in [0.3, 0.4) is 0 Å². The molecule has 0 saturated carbocycles. The minimum atomic E-state index is 1.14. The Hall–Kier alpha value is -0.720. The van der Waals surface area contributed by atoms with Crippen molar-refractivity contribution < 1.29 is 4.74 Å². The van der Waals surface area contributed by atoms with Crippen LogP contribution in [0.1, 0.15) is 77.0 Å². The topological polar surface area (TPSA) is 9.23 Å². The molecule has 0 unspecified atom stereocenters. The van der Waals surface area contributed by atoms with E-state index in [-0.39, 0.29) is 0 Å². The molecule has 1 rings (SSSR count). The second-order valence-electron chi connectivity index (χ2n) is 5.29. The van der Waals surface area contributed by atoms with E-state index >= 15 is 0 Å². The van der Waals surface area contributed by atoms with Crippen LogP contribution in [0.2, 0.25) is 0 Å². The molecule has 18 heavy (non-hydrogen) atoms. The van der Waals surface area contributed by atoms with Crippen molar-refractivity contribution in [3.8, 4) is 0 Å². The third-order valence-corrected chi connectivity index (χ3v) is 3.67. The van der Waals surface area contributed by atoms with E-state index < -0.39 is 0 Å². The third kappa shape index (κ3) is 8.38. The van der Waals surface area contributed by atoms with Crippen molar-refractivity contribution in [1.82, 2.24) is 0 Å². The molecule has 0 aromatic rings. The van der Waals surface area contributed by atoms with E-state index in [4.69, 9.17) is 4.74 Å². The summed E-state index contributed by atoms with van der Waals surface area (Å²) in [6.07, 6.45) is 22.7. The maximum atomic E-state index is 5.45. The number of hydrogen-bond donors (Lipinski definition) is 0. The second-order valence-corrected chi connectivity index (χ2v) is 5.29. The Morgan fingerprint density at radius 1 is 0.722 bits per heavy atom. The number of hydrogen-bond acceptors (Lipinski definition) is 1. The Morgan fingerprint density at radius 2 is 1.28 bits per heavy atom. The summed E-state index contributed by atoms with van der Waals surface area (Å²) in [6, 6.07) is 0. The van der Waals surface area contributed by atoms with Crippen molar-refractivity contribution >= 4 is 0 Å². The first-order valence-electron chi connectivity index (χ1n) is 7.81. The highest BCUT2D eigenvalue weighted by Gasteiger charge is 1.98. The predicted octanol–water partition coefficient (Wildman–Crippen LogP) is 5.77. The fraction of sp³-hybridized carbons (Fsp3) is 0.765. The molecule has 104 valence electrons. The number of methoxy groups -OCH3 is 1. The molecule has 0 N–H and O–H groups in total. The van der Waals surface area contributed by atoms with Gasteiger partial charge in [-0.05, 0) is 51.0 Å². The lowest BCUT2D eigenvalue weighted by atomic mass is 10.1. The van der Waals surface area contributed by atoms with Gasteiger partial charge >= 0.3 is 0 Å². The summed E-state index contributed by atoms with van der Waals surface area (Å²) in [6.45, 7) is 0. The van der Waals surface area contributed by atoms with E-state index in [0.29, 0.717) is 0 Å². The van der Waals surface area contributed by atoms with Gasteiger partial charge in [0.25, 0.3) is 0 Å². The van der Waals surface area contributed by atoms with Crippen molar-refractivity contribution in [2.24, 2.45) is 0 Å². The predicted molar refractivity (Wildman–Crippen MR) is 79.6 cm³/mol. The number of allylic oxidation sites excluding steroid dienone is 4. The molecule has 0 spiro atoms. The summed E-state index contributed by atoms with van der Waals surface area (Å²) >= 11 is 0. The quantitative estimate of drug-likeness (QED) is 0.537. The van der Waals surface area contributed by atoms with Gasteiger partial charge in [-0.25, -0.2) is 0 Å². The lowest BCUT2D eigenvalue weighted by Crippen LogP contribution is -1.89. The molecule has 1 nitrogen and oxygen atoms in total. The third-order valence-electron chi connectivity index (χ3n) is 3.67. The molecule has 0 aromatic heterocycles. The zero-order valence-electron chi connectivity index (χ0n) is 12.1. The maximum Gasteiger partial charge on any atom is 0.0915 e. The van der Waals surface area contributed by atoms with Crippen LogP contribution in [-0.2, 0) is 4.74 Å². The van der Waals surface area contributed by atoms with Crippen LogP contribution in [0.5, 0.6) is 0 Å². The lowest BCUT2D eigenvalue weighted by Gasteiger charge is -2.07. The number of ether oxygens (including phenoxy) is 1. The summed E-state index contributed by atoms with van der Waals surface area (Å²) in [5.41, 5.74) is 0. The fourth-order valence-electron chi connectivity index (χ4n) is 2.46. The van der Waals surface area contributed by atoms with Gasteiger partial charge in [-0.2, -0.15) is 0 Å². The van der Waals surface area contributed by atoms with E-state index in [0.717, 1.165) is 6.42 Å². The highest BCUT2D eigenvalue weighted by atomic mass is 16.5. The molecular formula is C17H30O. The molecule has 0 atom stereocenters. The molecule has 0 saturated heterocycles. The van der Waals surface area contributed by atoms with Gasteiger partial charge in [0.05, 0.1) is 12.9 Å². The van der Waals surface area contributed by atoms with Crippen molar-refractivity contribution in [3.05, 3.63) is 24.0 Å². The van der Waals surface area contributed by atoms with Crippen LogP contribution >= 0.6 is 0 Å². The van der Waals surface area contributed by atoms with Gasteiger partial charge in [0, 0.05) is 6.42 Å². The number of rotatable bonds is 1. The Bertz CT molecular complexity index is 240. The van der Waals surface area contributed by atoms with Gasteiger partial charge in [-0.1, -0.05) is 37.8 Å². The van der Waals surface area contributed by atoms with Crippen molar-refractivity contribution in [1.29, 1.82) is 0 Å². The zero-order valence-corrected chi connectivity index (χ0v) is 12.1. The van der Waals surface area contributed by atoms with Crippen LogP contribution in [0.15, 0.2) is 24.0 Å². The molecule has 0 aromatic carbocycles. The summed E-state index contributed by atoms with van der Waals surface area (Å²) in [5, 5.41) is 0. The van der Waals surface area contributed by atoms with Crippen LogP contribution in [0.25, 0.3) is 0 Å². The fourth-order valence-corrected chi connectivity index (χ4v) is 2.46. The minimum Gasteiger partial charge on any atom is -0.501 e. The monoisotopic (exact) mass is 250 g/mol. The first-order chi connectivity index (χ1) is 8.93. The Balaban J connectivity index is 2.29. The Labute approximate surface area is 113 Å². The second kappa shape index (κ2) is 11.4. The van der Waals surface area contributed by atoms with E-state index in [9.17, 15) is 0 Å². The van der Waals surface area contributed by atoms with E-state index in [1.165, 1.54) is 76.4 Å². The molecule has 0 amide bonds. The molecule has 1 heteroatoms. The highest BCUT2D eigenvalue weighted by molar-refractivity contribution is 4.92. The summed E-state index contributed by atoms with van der Waals surface area (Å²) < 4.78 is 5.45. The van der Waals surface area contributed by atoms with Crippen LogP contribution in [0, 0.1) is 0 Å². The summed E-state index contributed by atoms with van der Waals surface area (Å²) in [7, 11) is 1.81. The van der Waals surface area contributed by atoms with Gasteiger partial charge in [-0.3, -0.25) is 0 Å². The van der Waals surface area contributed by atoms with Crippen molar-refractivity contribution in [2.45, 2.75) is 77.0 Å². The SMILES string of the molecule is COC1=CCCCCCC=CCCCCCCC1. The average molecular weight is 250 g/mol. The maximum absolute atomic E-state index is 5.45. The first-order valence-corrected chi connectivity index (χ1v) is 7.81. The minimum absolute atomic E-state index is 1.14. The van der Waals surface area contributed by atoms with Crippen molar-refractivity contribution in [3.63, 3.8) is 0 Å². The van der Waals surface area contributed by atoms with E-state index in [2.05, 4.69) is 18.2 Å². The van der Waals surface area contributed by atoms with Crippen LogP contribution < -0.4 is 0 Å². The molecule has 0 aliphatic heterocycles. The largest absolute Gasteiger partial charge is 0.501 e. The smallest absolute Gasteiger partial charge is 0.0915 e. The first kappa shape index (κ1) is 15.3. The van der Waals surface area contributed by atoms with E-state index in [1.807, 2.05) is 7.11 Å². The normalized spacial score (nSPS) is 21.3. The van der Waals surface area contributed by atoms with E-state index in [1.54, 1.807) is 0 Å². The lowest BCUT2D eigenvalue weighted by molar-refractivity contribution is 0.271. The van der Waals surface area contributed by atoms with Crippen molar-refractivity contribution in [2.75, 3.05) is 7.11 Å². The molecule has 0 radical (unpaired) electrons. The van der Waals surface area contributed by atoms with Gasteiger partial charge in [-0.15, -0.1) is 0 Å². The summed E-state index contributed by atoms with van der Waals surface area (Å²) in [5.74, 6) is 1.21. The van der Waals surface area contributed by atoms with Gasteiger partial charge < -0.3 is 4.74 Å². The summed E-state index contributed by atoms with van der Waals surface area (Å²) in [4.78, 5) is 0.